The molecule has 0 fully saturated rings. The summed E-state index contributed by atoms with van der Waals surface area (Å²) >= 11 is 3.48. The van der Waals surface area contributed by atoms with Crippen LogP contribution in [0.25, 0.3) is 75.0 Å². The van der Waals surface area contributed by atoms with Crippen LogP contribution >= 0.6 is 22.7 Å². The van der Waals surface area contributed by atoms with Crippen LogP contribution in [0.4, 0.5) is 22.7 Å². The SMILES string of the molecule is C1=CC(N(c2ccc(-c3ccc(-c4nc5ccccc5s4)cc3)cc2)c2ccc(-c3ccc(N(C4=CCCC=C4)c4ccc(-c5ccc(-c6nc7ccccc7s6)cc5)cc4)cc3)cc2)=CCC1. The van der Waals surface area contributed by atoms with Crippen LogP contribution in [0.5, 0.6) is 0 Å². The Bertz CT molecular complexity index is 3220. The molecule has 326 valence electrons. The zero-order chi connectivity index (χ0) is 45.2. The van der Waals surface area contributed by atoms with Gasteiger partial charge < -0.3 is 9.80 Å². The Balaban J connectivity index is 0.770. The van der Waals surface area contributed by atoms with Gasteiger partial charge in [0.25, 0.3) is 0 Å². The van der Waals surface area contributed by atoms with Crippen molar-refractivity contribution in [2.24, 2.45) is 0 Å². The number of para-hydroxylation sites is 2. The number of rotatable bonds is 11. The lowest BCUT2D eigenvalue weighted by Gasteiger charge is -2.28. The molecule has 2 aromatic heterocycles. The molecule has 0 aliphatic heterocycles. The van der Waals surface area contributed by atoms with Crippen LogP contribution < -0.4 is 9.80 Å². The van der Waals surface area contributed by atoms with Gasteiger partial charge in [-0.15, -0.1) is 22.7 Å². The summed E-state index contributed by atoms with van der Waals surface area (Å²) < 4.78 is 2.43. The number of hydrogen-bond donors (Lipinski definition) is 0. The Morgan fingerprint density at radius 3 is 0.897 bits per heavy atom. The molecule has 0 bridgehead atoms. The Labute approximate surface area is 405 Å². The third kappa shape index (κ3) is 8.41. The molecule has 2 aliphatic rings. The minimum Gasteiger partial charge on any atom is -0.311 e. The second kappa shape index (κ2) is 18.4. The van der Waals surface area contributed by atoms with Crippen molar-refractivity contribution in [3.05, 3.63) is 242 Å². The van der Waals surface area contributed by atoms with Gasteiger partial charge in [-0.1, -0.05) is 146 Å². The lowest BCUT2D eigenvalue weighted by atomic mass is 10.0. The topological polar surface area (TPSA) is 32.3 Å². The number of fused-ring (bicyclic) bond motifs is 2. The monoisotopic (exact) mass is 910 g/mol. The molecule has 10 aromatic rings. The predicted molar refractivity (Wildman–Crippen MR) is 290 cm³/mol. The molecule has 8 aromatic carbocycles. The standard InChI is InChI=1S/C62H46N4S2/c1-3-11-51(12-4-1)65(53-35-27-45(28-36-53)43-19-23-49(24-20-43)61-63-57-15-7-9-17-59(57)67-61)55-39-31-47(32-40-55)48-33-41-56(42-34-48)66(52-13-5-2-6-14-52)54-37-29-46(30-38-54)44-21-25-50(26-22-44)62-64-58-16-8-10-18-60(58)68-62/h3,5,7-42H,1-2,4,6H2. The van der Waals surface area contributed by atoms with Crippen molar-refractivity contribution in [1.82, 2.24) is 9.97 Å². The van der Waals surface area contributed by atoms with Crippen LogP contribution in [0.15, 0.2) is 242 Å². The average molecular weight is 911 g/mol. The van der Waals surface area contributed by atoms with Crippen LogP contribution in [0, 0.1) is 0 Å². The van der Waals surface area contributed by atoms with Gasteiger partial charge in [0.15, 0.2) is 0 Å². The lowest BCUT2D eigenvalue weighted by molar-refractivity contribution is 0.997. The molecule has 0 atom stereocenters. The first kappa shape index (κ1) is 41.5. The maximum Gasteiger partial charge on any atom is 0.124 e. The number of allylic oxidation sites excluding steroid dienone is 6. The molecule has 0 N–H and O–H groups in total. The molecule has 0 amide bonds. The molecular weight excluding hydrogens is 865 g/mol. The Hall–Kier alpha value is -7.90. The van der Waals surface area contributed by atoms with Crippen LogP contribution in [-0.4, -0.2) is 9.97 Å². The van der Waals surface area contributed by atoms with Gasteiger partial charge >= 0.3 is 0 Å². The summed E-state index contributed by atoms with van der Waals surface area (Å²) in [7, 11) is 0. The molecule has 0 saturated heterocycles. The fourth-order valence-corrected chi connectivity index (χ4v) is 11.2. The number of benzene rings is 8. The Morgan fingerprint density at radius 1 is 0.309 bits per heavy atom. The first-order chi connectivity index (χ1) is 33.7. The van der Waals surface area contributed by atoms with E-state index >= 15 is 0 Å². The molecule has 68 heavy (non-hydrogen) atoms. The normalized spacial score (nSPS) is 13.4. The molecular formula is C62H46N4S2. The van der Waals surface area contributed by atoms with Gasteiger partial charge in [0.2, 0.25) is 0 Å². The van der Waals surface area contributed by atoms with E-state index in [1.54, 1.807) is 22.7 Å². The molecule has 4 nitrogen and oxygen atoms in total. The predicted octanol–water partition coefficient (Wildman–Crippen LogP) is 18.0. The van der Waals surface area contributed by atoms with Crippen LogP contribution in [0.2, 0.25) is 0 Å². The summed E-state index contributed by atoms with van der Waals surface area (Å²) in [5, 5.41) is 2.10. The number of anilines is 4. The number of aromatic nitrogens is 2. The van der Waals surface area contributed by atoms with Gasteiger partial charge in [-0.05, 0) is 144 Å². The highest BCUT2D eigenvalue weighted by atomic mass is 32.1. The molecule has 2 aliphatic carbocycles. The number of nitrogens with zero attached hydrogens (tertiary/aromatic N) is 4. The zero-order valence-electron chi connectivity index (χ0n) is 37.4. The van der Waals surface area contributed by atoms with Gasteiger partial charge in [-0.25, -0.2) is 9.97 Å². The van der Waals surface area contributed by atoms with Crippen molar-refractivity contribution in [3.63, 3.8) is 0 Å². The Kier molecular flexibility index (Phi) is 11.2. The largest absolute Gasteiger partial charge is 0.311 e. The quantitative estimate of drug-likeness (QED) is 0.129. The minimum atomic E-state index is 1.03. The first-order valence-electron chi connectivity index (χ1n) is 23.3. The summed E-state index contributed by atoms with van der Waals surface area (Å²) in [5.74, 6) is 0. The average Bonchev–Trinajstić information content (AvgIpc) is 4.06. The van der Waals surface area contributed by atoms with Crippen molar-refractivity contribution in [2.45, 2.75) is 25.7 Å². The van der Waals surface area contributed by atoms with E-state index in [1.807, 2.05) is 12.1 Å². The van der Waals surface area contributed by atoms with Crippen molar-refractivity contribution in [3.8, 4) is 54.5 Å². The molecule has 2 heterocycles. The molecule has 0 unspecified atom stereocenters. The molecule has 6 heteroatoms. The molecule has 12 rings (SSSR count). The highest BCUT2D eigenvalue weighted by Gasteiger charge is 2.18. The van der Waals surface area contributed by atoms with E-state index in [-0.39, 0.29) is 0 Å². The first-order valence-corrected chi connectivity index (χ1v) is 25.0. The van der Waals surface area contributed by atoms with Crippen LogP contribution in [0.3, 0.4) is 0 Å². The third-order valence-electron chi connectivity index (χ3n) is 12.8. The highest BCUT2D eigenvalue weighted by molar-refractivity contribution is 7.22. The van der Waals surface area contributed by atoms with Gasteiger partial charge in [0.1, 0.15) is 10.0 Å². The minimum absolute atomic E-state index is 1.03. The molecule has 0 saturated carbocycles. The summed E-state index contributed by atoms with van der Waals surface area (Å²) in [5.41, 5.74) is 18.4. The van der Waals surface area contributed by atoms with E-state index < -0.39 is 0 Å². The van der Waals surface area contributed by atoms with Crippen LogP contribution in [-0.2, 0) is 0 Å². The third-order valence-corrected chi connectivity index (χ3v) is 15.0. The second-order valence-electron chi connectivity index (χ2n) is 17.2. The van der Waals surface area contributed by atoms with Crippen molar-refractivity contribution >= 4 is 65.9 Å². The van der Waals surface area contributed by atoms with Crippen molar-refractivity contribution in [2.75, 3.05) is 9.80 Å². The van der Waals surface area contributed by atoms with E-state index in [0.717, 1.165) is 80.6 Å². The number of thiazole rings is 2. The summed E-state index contributed by atoms with van der Waals surface area (Å²) in [4.78, 5) is 14.5. The zero-order valence-corrected chi connectivity index (χ0v) is 39.0. The maximum absolute atomic E-state index is 4.86. The van der Waals surface area contributed by atoms with E-state index in [0.29, 0.717) is 0 Å². The van der Waals surface area contributed by atoms with E-state index in [2.05, 4.69) is 228 Å². The summed E-state index contributed by atoms with van der Waals surface area (Å²) in [6, 6.07) is 70.2. The smallest absolute Gasteiger partial charge is 0.124 e. The van der Waals surface area contributed by atoms with Crippen molar-refractivity contribution in [1.29, 1.82) is 0 Å². The van der Waals surface area contributed by atoms with Gasteiger partial charge in [-0.2, -0.15) is 0 Å². The number of hydrogen-bond acceptors (Lipinski definition) is 6. The fraction of sp³-hybridized carbons (Fsp3) is 0.0645. The van der Waals surface area contributed by atoms with Gasteiger partial charge in [0.05, 0.1) is 20.4 Å². The van der Waals surface area contributed by atoms with Gasteiger partial charge in [0, 0.05) is 45.3 Å². The fourth-order valence-electron chi connectivity index (χ4n) is 9.24. The van der Waals surface area contributed by atoms with E-state index in [9.17, 15) is 0 Å². The van der Waals surface area contributed by atoms with Crippen molar-refractivity contribution < 1.29 is 0 Å². The highest BCUT2D eigenvalue weighted by Crippen LogP contribution is 2.39. The summed E-state index contributed by atoms with van der Waals surface area (Å²) in [6.07, 6.45) is 17.9. The lowest BCUT2D eigenvalue weighted by Crippen LogP contribution is -2.16. The van der Waals surface area contributed by atoms with E-state index in [4.69, 9.17) is 9.97 Å². The molecule has 0 radical (unpaired) electrons. The maximum atomic E-state index is 4.86. The second-order valence-corrected chi connectivity index (χ2v) is 19.3. The van der Waals surface area contributed by atoms with Crippen LogP contribution in [0.1, 0.15) is 25.7 Å². The Morgan fingerprint density at radius 2 is 0.603 bits per heavy atom. The van der Waals surface area contributed by atoms with E-state index in [1.165, 1.54) is 54.2 Å². The molecule has 0 spiro atoms. The summed E-state index contributed by atoms with van der Waals surface area (Å²) in [6.45, 7) is 0. The van der Waals surface area contributed by atoms with Gasteiger partial charge in [-0.3, -0.25) is 0 Å².